The minimum absolute atomic E-state index is 0.211. The van der Waals surface area contributed by atoms with Gasteiger partial charge in [-0.2, -0.15) is 13.2 Å². The van der Waals surface area contributed by atoms with Gasteiger partial charge >= 0.3 is 6.18 Å². The van der Waals surface area contributed by atoms with Crippen LogP contribution in [0.15, 0.2) is 35.3 Å². The lowest BCUT2D eigenvalue weighted by Crippen LogP contribution is -2.51. The molecular formula is C23H18F6N4O3. The summed E-state index contributed by atoms with van der Waals surface area (Å²) in [6.07, 6.45) is -4.19. The molecule has 1 aliphatic heterocycles. The number of aromatic nitrogens is 2. The van der Waals surface area contributed by atoms with Crippen LogP contribution in [-0.2, 0) is 0 Å². The second-order valence-corrected chi connectivity index (χ2v) is 8.89. The molecule has 1 aromatic carbocycles. The van der Waals surface area contributed by atoms with Gasteiger partial charge in [-0.05, 0) is 30.9 Å². The number of pyridine rings is 2. The number of halogens is 6. The number of rotatable bonds is 5. The number of anilines is 1. The number of carbonyl (C=O) groups is 1. The molecular weight excluding hydrogens is 494 g/mol. The van der Waals surface area contributed by atoms with E-state index < -0.39 is 64.3 Å². The Morgan fingerprint density at radius 2 is 1.75 bits per heavy atom. The molecule has 3 heterocycles. The fourth-order valence-corrected chi connectivity index (χ4v) is 4.22. The third-order valence-electron chi connectivity index (χ3n) is 6.22. The van der Waals surface area contributed by atoms with E-state index in [1.807, 2.05) is 5.32 Å². The smallest absolute Gasteiger partial charge is 0.389 e. The molecule has 1 saturated heterocycles. The first kappa shape index (κ1) is 24.1. The number of hydrogen-bond donors (Lipinski definition) is 2. The molecule has 190 valence electrons. The molecule has 1 saturated carbocycles. The summed E-state index contributed by atoms with van der Waals surface area (Å²) in [5.41, 5.74) is -2.98. The van der Waals surface area contributed by atoms with E-state index in [4.69, 9.17) is 0 Å². The summed E-state index contributed by atoms with van der Waals surface area (Å²) in [5.74, 6) is -5.96. The second-order valence-electron chi connectivity index (χ2n) is 8.89. The van der Waals surface area contributed by atoms with Crippen LogP contribution in [0.25, 0.3) is 16.7 Å². The number of nitrogens with one attached hydrogen (secondary N) is 1. The van der Waals surface area contributed by atoms with E-state index in [1.54, 1.807) is 4.90 Å². The maximum atomic E-state index is 14.7. The highest BCUT2D eigenvalue weighted by Crippen LogP contribution is 2.40. The van der Waals surface area contributed by atoms with Crippen LogP contribution in [0.3, 0.4) is 0 Å². The van der Waals surface area contributed by atoms with Crippen LogP contribution in [0.5, 0.6) is 0 Å². The summed E-state index contributed by atoms with van der Waals surface area (Å²) in [7, 11) is 0. The number of hydrogen-bond acceptors (Lipinski definition) is 5. The molecule has 1 aliphatic carbocycles. The molecule has 3 aromatic rings. The van der Waals surface area contributed by atoms with Crippen molar-refractivity contribution in [3.63, 3.8) is 0 Å². The average molecular weight is 512 g/mol. The lowest BCUT2D eigenvalue weighted by Gasteiger charge is -2.36. The predicted molar refractivity (Wildman–Crippen MR) is 115 cm³/mol. The van der Waals surface area contributed by atoms with Gasteiger partial charge in [-0.15, -0.1) is 0 Å². The van der Waals surface area contributed by atoms with Gasteiger partial charge in [0.1, 0.15) is 28.9 Å². The predicted octanol–water partition coefficient (Wildman–Crippen LogP) is 3.05. The van der Waals surface area contributed by atoms with E-state index in [0.29, 0.717) is 22.9 Å². The van der Waals surface area contributed by atoms with Crippen molar-refractivity contribution < 1.29 is 36.2 Å². The van der Waals surface area contributed by atoms with Gasteiger partial charge in [-0.1, -0.05) is 0 Å². The summed E-state index contributed by atoms with van der Waals surface area (Å²) in [4.78, 5) is 31.8. The molecule has 36 heavy (non-hydrogen) atoms. The zero-order valence-corrected chi connectivity index (χ0v) is 18.3. The number of aliphatic hydroxyl groups is 1. The van der Waals surface area contributed by atoms with E-state index in [9.17, 15) is 41.0 Å². The molecule has 0 bridgehead atoms. The Bertz CT molecular complexity index is 1410. The van der Waals surface area contributed by atoms with Gasteiger partial charge in [0.25, 0.3) is 5.91 Å². The fourth-order valence-electron chi connectivity index (χ4n) is 4.22. The van der Waals surface area contributed by atoms with Gasteiger partial charge in [0.15, 0.2) is 17.3 Å². The van der Waals surface area contributed by atoms with Gasteiger partial charge in [0.05, 0.1) is 11.5 Å². The summed E-state index contributed by atoms with van der Waals surface area (Å²) in [6.45, 7) is 0.422. The maximum absolute atomic E-state index is 14.7. The van der Waals surface area contributed by atoms with Crippen molar-refractivity contribution in [3.8, 4) is 5.69 Å². The van der Waals surface area contributed by atoms with Crippen LogP contribution in [0, 0.1) is 23.4 Å². The van der Waals surface area contributed by atoms with E-state index in [1.165, 1.54) is 12.1 Å². The number of carbonyl (C=O) groups excluding carboxylic acids is 1. The summed E-state index contributed by atoms with van der Waals surface area (Å²) in [6, 6.07) is 1.17. The third kappa shape index (κ3) is 4.27. The molecule has 2 aromatic heterocycles. The first-order valence-electron chi connectivity index (χ1n) is 11.0. The zero-order valence-electron chi connectivity index (χ0n) is 18.3. The average Bonchev–Trinajstić information content (AvgIpc) is 3.60. The number of β-amino-alcohol motifs (C(OH)–C–C–N with tert-alkyl or cyclic N) is 1. The Balaban J connectivity index is 1.68. The van der Waals surface area contributed by atoms with E-state index >= 15 is 0 Å². The SMILES string of the molecule is O=C(N[C@@H](C1CC1)C(F)(F)F)c1cn(-c2c(F)cc(F)cc2F)c2nc(N3CC(O)C3)ccc2c1=O. The Hall–Kier alpha value is -3.61. The molecule has 0 radical (unpaired) electrons. The van der Waals surface area contributed by atoms with Crippen LogP contribution in [0.4, 0.5) is 32.2 Å². The summed E-state index contributed by atoms with van der Waals surface area (Å²) >= 11 is 0. The Labute approximate surface area is 199 Å². The molecule has 0 spiro atoms. The second kappa shape index (κ2) is 8.50. The van der Waals surface area contributed by atoms with Crippen molar-refractivity contribution in [1.82, 2.24) is 14.9 Å². The molecule has 7 nitrogen and oxygen atoms in total. The van der Waals surface area contributed by atoms with E-state index in [2.05, 4.69) is 4.98 Å². The number of aliphatic hydroxyl groups excluding tert-OH is 1. The van der Waals surface area contributed by atoms with Crippen molar-refractivity contribution in [2.24, 2.45) is 5.92 Å². The molecule has 2 aliphatic rings. The van der Waals surface area contributed by atoms with E-state index in [-0.39, 0.29) is 42.8 Å². The molecule has 5 rings (SSSR count). The van der Waals surface area contributed by atoms with Crippen molar-refractivity contribution >= 4 is 22.8 Å². The van der Waals surface area contributed by atoms with Crippen molar-refractivity contribution in [3.05, 3.63) is 63.7 Å². The molecule has 0 unspecified atom stereocenters. The number of alkyl halides is 3. The minimum Gasteiger partial charge on any atom is -0.389 e. The molecule has 13 heteroatoms. The normalized spacial score (nSPS) is 17.2. The lowest BCUT2D eigenvalue weighted by atomic mass is 10.1. The molecule has 2 fully saturated rings. The van der Waals surface area contributed by atoms with Crippen molar-refractivity contribution in [2.45, 2.75) is 31.2 Å². The Morgan fingerprint density at radius 1 is 1.11 bits per heavy atom. The maximum Gasteiger partial charge on any atom is 0.408 e. The largest absolute Gasteiger partial charge is 0.408 e. The van der Waals surface area contributed by atoms with Crippen molar-refractivity contribution in [1.29, 1.82) is 0 Å². The Morgan fingerprint density at radius 3 is 2.31 bits per heavy atom. The molecule has 2 N–H and O–H groups in total. The minimum atomic E-state index is -4.76. The monoisotopic (exact) mass is 512 g/mol. The lowest BCUT2D eigenvalue weighted by molar-refractivity contribution is -0.158. The Kier molecular flexibility index (Phi) is 5.69. The van der Waals surface area contributed by atoms with Crippen LogP contribution < -0.4 is 15.6 Å². The molecule has 1 amide bonds. The first-order valence-corrected chi connectivity index (χ1v) is 11.0. The van der Waals surface area contributed by atoms with Crippen LogP contribution in [0.1, 0.15) is 23.2 Å². The van der Waals surface area contributed by atoms with Gasteiger partial charge in [-0.3, -0.25) is 14.2 Å². The number of amides is 1. The standard InChI is InChI=1S/C23H18F6N4O3/c24-11-5-15(25)18(16(26)6-11)33-9-14(22(36)31-20(10-1-2-10)23(27,28)29)19(35)13-3-4-17(30-21(13)33)32-7-12(34)8-32/h3-6,9-10,12,20,34H,1-2,7-8H2,(H,31,36)/t20-/m0/s1. The van der Waals surface area contributed by atoms with Gasteiger partial charge in [0, 0.05) is 31.4 Å². The highest BCUT2D eigenvalue weighted by molar-refractivity contribution is 5.97. The number of nitrogens with zero attached hydrogens (tertiary/aromatic N) is 3. The number of fused-ring (bicyclic) bond motifs is 1. The number of benzene rings is 1. The zero-order chi connectivity index (χ0) is 25.9. The summed E-state index contributed by atoms with van der Waals surface area (Å²) < 4.78 is 84.1. The van der Waals surface area contributed by atoms with E-state index in [0.717, 1.165) is 0 Å². The topological polar surface area (TPSA) is 87.5 Å². The van der Waals surface area contributed by atoms with Gasteiger partial charge in [0.2, 0.25) is 5.43 Å². The van der Waals surface area contributed by atoms with Crippen molar-refractivity contribution in [2.75, 3.05) is 18.0 Å². The molecule has 1 atom stereocenters. The third-order valence-corrected chi connectivity index (χ3v) is 6.22. The highest BCUT2D eigenvalue weighted by Gasteiger charge is 2.50. The highest BCUT2D eigenvalue weighted by atomic mass is 19.4. The quantitative estimate of drug-likeness (QED) is 0.514. The van der Waals surface area contributed by atoms with Crippen LogP contribution in [0.2, 0.25) is 0 Å². The van der Waals surface area contributed by atoms with Crippen LogP contribution in [-0.4, -0.2) is 52.0 Å². The van der Waals surface area contributed by atoms with Gasteiger partial charge in [-0.25, -0.2) is 18.2 Å². The van der Waals surface area contributed by atoms with Gasteiger partial charge < -0.3 is 15.3 Å². The van der Waals surface area contributed by atoms with Crippen LogP contribution >= 0.6 is 0 Å². The fraction of sp³-hybridized carbons (Fsp3) is 0.348. The first-order chi connectivity index (χ1) is 16.9. The summed E-state index contributed by atoms with van der Waals surface area (Å²) in [5, 5.41) is 11.1.